The molecule has 1 N–H and O–H groups in total. The van der Waals surface area contributed by atoms with Crippen molar-refractivity contribution in [1.29, 1.82) is 0 Å². The molecule has 18 heavy (non-hydrogen) atoms. The van der Waals surface area contributed by atoms with Crippen molar-refractivity contribution in [2.75, 3.05) is 25.6 Å². The predicted molar refractivity (Wildman–Crippen MR) is 65.7 cm³/mol. The lowest BCUT2D eigenvalue weighted by Gasteiger charge is -2.18. The average molecular weight is 252 g/mol. The Kier molecular flexibility index (Phi) is 5.10. The van der Waals surface area contributed by atoms with E-state index in [9.17, 15) is 9.59 Å². The number of aromatic nitrogens is 1. The molecular weight excluding hydrogens is 236 g/mol. The van der Waals surface area contributed by atoms with Crippen molar-refractivity contribution in [1.82, 2.24) is 4.98 Å². The van der Waals surface area contributed by atoms with E-state index in [1.165, 1.54) is 13.3 Å². The molecular formula is C12H16N2O4. The zero-order chi connectivity index (χ0) is 13.5. The average Bonchev–Trinajstić information content (AvgIpc) is 2.37. The van der Waals surface area contributed by atoms with Gasteiger partial charge in [0.15, 0.2) is 0 Å². The molecule has 0 saturated heterocycles. The van der Waals surface area contributed by atoms with E-state index >= 15 is 0 Å². The van der Waals surface area contributed by atoms with Crippen LogP contribution < -0.4 is 4.90 Å². The number of nitrogens with zero attached hydrogens (tertiary/aromatic N) is 2. The molecule has 0 aromatic carbocycles. The Morgan fingerprint density at radius 3 is 2.83 bits per heavy atom. The summed E-state index contributed by atoms with van der Waals surface area (Å²) >= 11 is 0. The maximum atomic E-state index is 11.3. The van der Waals surface area contributed by atoms with Crippen LogP contribution in [0.4, 0.5) is 5.69 Å². The first kappa shape index (κ1) is 14.0. The van der Waals surface area contributed by atoms with Crippen LogP contribution in [0.2, 0.25) is 0 Å². The van der Waals surface area contributed by atoms with Crippen molar-refractivity contribution in [2.24, 2.45) is 0 Å². The van der Waals surface area contributed by atoms with Gasteiger partial charge in [0.2, 0.25) is 0 Å². The molecule has 0 saturated carbocycles. The summed E-state index contributed by atoms with van der Waals surface area (Å²) in [6.45, 7) is 0.594. The molecule has 0 aliphatic rings. The first-order chi connectivity index (χ1) is 8.54. The number of carbonyl (C=O) groups excluding carboxylic acids is 1. The highest BCUT2D eigenvalue weighted by Gasteiger charge is 2.09. The summed E-state index contributed by atoms with van der Waals surface area (Å²) in [6.07, 6.45) is 2.19. The van der Waals surface area contributed by atoms with Crippen molar-refractivity contribution in [2.45, 2.75) is 12.8 Å². The third-order valence-corrected chi connectivity index (χ3v) is 2.46. The molecule has 0 amide bonds. The number of esters is 1. The van der Waals surface area contributed by atoms with Gasteiger partial charge in [-0.15, -0.1) is 0 Å². The maximum Gasteiger partial charge on any atom is 0.356 e. The van der Waals surface area contributed by atoms with Crippen LogP contribution >= 0.6 is 0 Å². The van der Waals surface area contributed by atoms with Crippen molar-refractivity contribution >= 4 is 17.6 Å². The molecule has 98 valence electrons. The van der Waals surface area contributed by atoms with Gasteiger partial charge < -0.3 is 14.7 Å². The lowest BCUT2D eigenvalue weighted by atomic mass is 10.2. The summed E-state index contributed by atoms with van der Waals surface area (Å²) in [4.78, 5) is 27.5. The van der Waals surface area contributed by atoms with Crippen molar-refractivity contribution < 1.29 is 19.4 Å². The van der Waals surface area contributed by atoms with E-state index in [-0.39, 0.29) is 12.1 Å². The molecule has 0 spiro atoms. The van der Waals surface area contributed by atoms with Gasteiger partial charge in [0, 0.05) is 31.9 Å². The van der Waals surface area contributed by atoms with Gasteiger partial charge in [-0.2, -0.15) is 0 Å². The van der Waals surface area contributed by atoms with E-state index in [2.05, 4.69) is 9.72 Å². The Hall–Kier alpha value is -2.11. The van der Waals surface area contributed by atoms with Crippen molar-refractivity contribution in [3.05, 3.63) is 24.0 Å². The molecule has 0 fully saturated rings. The van der Waals surface area contributed by atoms with Gasteiger partial charge in [-0.05, 0) is 18.6 Å². The van der Waals surface area contributed by atoms with E-state index in [4.69, 9.17) is 5.11 Å². The summed E-state index contributed by atoms with van der Waals surface area (Å²) in [5, 5.41) is 8.56. The lowest BCUT2D eigenvalue weighted by Crippen LogP contribution is -2.20. The van der Waals surface area contributed by atoms with Crippen LogP contribution in [-0.2, 0) is 9.53 Å². The largest absolute Gasteiger partial charge is 0.481 e. The van der Waals surface area contributed by atoms with Gasteiger partial charge >= 0.3 is 11.9 Å². The number of hydrogen-bond donors (Lipinski definition) is 1. The molecule has 0 atom stereocenters. The number of methoxy groups -OCH3 is 1. The van der Waals surface area contributed by atoms with Gasteiger partial charge in [0.25, 0.3) is 0 Å². The topological polar surface area (TPSA) is 79.7 Å². The Balaban J connectivity index is 2.65. The Morgan fingerprint density at radius 2 is 2.22 bits per heavy atom. The highest BCUT2D eigenvalue weighted by atomic mass is 16.5. The zero-order valence-corrected chi connectivity index (χ0v) is 10.4. The molecule has 0 bridgehead atoms. The van der Waals surface area contributed by atoms with Gasteiger partial charge in [-0.25, -0.2) is 9.78 Å². The summed E-state index contributed by atoms with van der Waals surface area (Å²) in [7, 11) is 3.13. The first-order valence-corrected chi connectivity index (χ1v) is 5.52. The van der Waals surface area contributed by atoms with Gasteiger partial charge in [-0.3, -0.25) is 4.79 Å². The number of anilines is 1. The van der Waals surface area contributed by atoms with E-state index in [1.54, 1.807) is 12.1 Å². The minimum atomic E-state index is -0.812. The molecule has 1 aromatic heterocycles. The second kappa shape index (κ2) is 6.58. The second-order valence-corrected chi connectivity index (χ2v) is 3.81. The Bertz CT molecular complexity index is 434. The maximum absolute atomic E-state index is 11.3. The second-order valence-electron chi connectivity index (χ2n) is 3.81. The molecule has 6 nitrogen and oxygen atoms in total. The highest BCUT2D eigenvalue weighted by Crippen LogP contribution is 2.14. The van der Waals surface area contributed by atoms with Crippen LogP contribution in [-0.4, -0.2) is 42.7 Å². The number of carbonyl (C=O) groups is 2. The first-order valence-electron chi connectivity index (χ1n) is 5.52. The molecule has 0 aliphatic heterocycles. The van der Waals surface area contributed by atoms with Gasteiger partial charge in [-0.1, -0.05) is 0 Å². The summed E-state index contributed by atoms with van der Waals surface area (Å²) < 4.78 is 4.59. The molecule has 0 radical (unpaired) electrons. The summed E-state index contributed by atoms with van der Waals surface area (Å²) in [5.74, 6) is -1.30. The van der Waals surface area contributed by atoms with Crippen molar-refractivity contribution in [3.8, 4) is 0 Å². The molecule has 0 aliphatic carbocycles. The van der Waals surface area contributed by atoms with Crippen LogP contribution in [0.1, 0.15) is 23.3 Å². The quantitative estimate of drug-likeness (QED) is 0.765. The highest BCUT2D eigenvalue weighted by molar-refractivity contribution is 5.88. The van der Waals surface area contributed by atoms with E-state index in [0.29, 0.717) is 13.0 Å². The van der Waals surface area contributed by atoms with E-state index in [0.717, 1.165) is 5.69 Å². The third-order valence-electron chi connectivity index (χ3n) is 2.46. The number of carboxylic acid groups (broad SMARTS) is 1. The number of rotatable bonds is 6. The predicted octanol–water partition coefficient (Wildman–Crippen LogP) is 1.17. The summed E-state index contributed by atoms with van der Waals surface area (Å²) in [5.41, 5.74) is 1.04. The summed E-state index contributed by atoms with van der Waals surface area (Å²) in [6, 6.07) is 3.37. The lowest BCUT2D eigenvalue weighted by molar-refractivity contribution is -0.137. The fourth-order valence-electron chi connectivity index (χ4n) is 1.47. The van der Waals surface area contributed by atoms with Gasteiger partial charge in [0.05, 0.1) is 7.11 Å². The fourth-order valence-corrected chi connectivity index (χ4v) is 1.47. The standard InChI is InChI=1S/C12H16N2O4/c1-14(7-3-4-11(15)16)9-5-6-13-10(8-9)12(17)18-2/h5-6,8H,3-4,7H2,1-2H3,(H,15,16). The molecule has 0 unspecified atom stereocenters. The number of hydrogen-bond acceptors (Lipinski definition) is 5. The van der Waals surface area contributed by atoms with Crippen LogP contribution in [0.25, 0.3) is 0 Å². The normalized spacial score (nSPS) is 9.89. The minimum absolute atomic E-state index is 0.124. The monoisotopic (exact) mass is 252 g/mol. The molecule has 1 heterocycles. The molecule has 1 rings (SSSR count). The molecule has 1 aromatic rings. The van der Waals surface area contributed by atoms with Gasteiger partial charge in [0.1, 0.15) is 5.69 Å². The number of aliphatic carboxylic acids is 1. The minimum Gasteiger partial charge on any atom is -0.481 e. The zero-order valence-electron chi connectivity index (χ0n) is 10.4. The third kappa shape index (κ3) is 4.04. The number of ether oxygens (including phenoxy) is 1. The van der Waals surface area contributed by atoms with Crippen LogP contribution in [0.15, 0.2) is 18.3 Å². The van der Waals surface area contributed by atoms with E-state index in [1.807, 2.05) is 11.9 Å². The number of carboxylic acids is 1. The van der Waals surface area contributed by atoms with Crippen molar-refractivity contribution in [3.63, 3.8) is 0 Å². The SMILES string of the molecule is COC(=O)c1cc(N(C)CCCC(=O)O)ccn1. The van der Waals surface area contributed by atoms with Crippen LogP contribution in [0, 0.1) is 0 Å². The Morgan fingerprint density at radius 1 is 1.50 bits per heavy atom. The molecule has 6 heteroatoms. The van der Waals surface area contributed by atoms with E-state index < -0.39 is 11.9 Å². The smallest absolute Gasteiger partial charge is 0.356 e. The van der Waals surface area contributed by atoms with Crippen LogP contribution in [0.5, 0.6) is 0 Å². The number of pyridine rings is 1. The fraction of sp³-hybridized carbons (Fsp3) is 0.417. The van der Waals surface area contributed by atoms with Crippen LogP contribution in [0.3, 0.4) is 0 Å². The Labute approximate surface area is 105 Å².